The lowest BCUT2D eigenvalue weighted by atomic mass is 10.1. The van der Waals surface area contributed by atoms with Crippen LogP contribution in [0.1, 0.15) is 16.1 Å². The molecule has 0 spiro atoms. The Labute approximate surface area is 127 Å². The van der Waals surface area contributed by atoms with Gasteiger partial charge in [-0.1, -0.05) is 28.1 Å². The summed E-state index contributed by atoms with van der Waals surface area (Å²) in [6, 6.07) is 6.93. The summed E-state index contributed by atoms with van der Waals surface area (Å²) in [7, 11) is 0. The van der Waals surface area contributed by atoms with Crippen LogP contribution in [0.5, 0.6) is 0 Å². The summed E-state index contributed by atoms with van der Waals surface area (Å²) in [6.07, 6.45) is 1.60. The Morgan fingerprint density at radius 3 is 2.81 bits per heavy atom. The summed E-state index contributed by atoms with van der Waals surface area (Å²) >= 11 is 3.44. The molecule has 0 atom stereocenters. The number of fused-ring (bicyclic) bond motifs is 1. The van der Waals surface area contributed by atoms with E-state index in [0.717, 1.165) is 15.6 Å². The van der Waals surface area contributed by atoms with Crippen LogP contribution in [0.3, 0.4) is 0 Å². The standard InChI is InChI=1S/C14H10BrN3O3/c1-7-2-3-8(4-9(7)15)11-6-18-12(13(19)16-11)5-10(17-18)14(20)21/h2-6H,1H3,(H,16,19)(H,20,21). The fourth-order valence-corrected chi connectivity index (χ4v) is 2.39. The number of nitrogens with zero attached hydrogens (tertiary/aromatic N) is 2. The average Bonchev–Trinajstić information content (AvgIpc) is 2.86. The van der Waals surface area contributed by atoms with Crippen molar-refractivity contribution in [3.63, 3.8) is 0 Å². The number of carbonyl (C=O) groups is 1. The molecule has 2 heterocycles. The Morgan fingerprint density at radius 2 is 2.14 bits per heavy atom. The van der Waals surface area contributed by atoms with E-state index in [-0.39, 0.29) is 16.8 Å². The third kappa shape index (κ3) is 2.36. The van der Waals surface area contributed by atoms with E-state index in [1.54, 1.807) is 6.20 Å². The molecular formula is C14H10BrN3O3. The number of halogens is 1. The van der Waals surface area contributed by atoms with Crippen molar-refractivity contribution >= 4 is 27.4 Å². The maximum atomic E-state index is 12.0. The second-order valence-corrected chi connectivity index (χ2v) is 5.48. The highest BCUT2D eigenvalue weighted by Gasteiger charge is 2.12. The Balaban J connectivity index is 2.22. The molecule has 106 valence electrons. The summed E-state index contributed by atoms with van der Waals surface area (Å²) in [5.41, 5.74) is 2.09. The topological polar surface area (TPSA) is 87.5 Å². The van der Waals surface area contributed by atoms with Crippen LogP contribution in [0.25, 0.3) is 16.8 Å². The third-order valence-electron chi connectivity index (χ3n) is 3.17. The van der Waals surface area contributed by atoms with Gasteiger partial charge in [0.25, 0.3) is 5.56 Å². The van der Waals surface area contributed by atoms with Gasteiger partial charge in [0.15, 0.2) is 5.69 Å². The second-order valence-electron chi connectivity index (χ2n) is 4.63. The van der Waals surface area contributed by atoms with Crippen molar-refractivity contribution < 1.29 is 9.90 Å². The van der Waals surface area contributed by atoms with Crippen molar-refractivity contribution in [2.75, 3.05) is 0 Å². The largest absolute Gasteiger partial charge is 0.476 e. The van der Waals surface area contributed by atoms with E-state index in [1.165, 1.54) is 10.6 Å². The highest BCUT2D eigenvalue weighted by molar-refractivity contribution is 9.10. The Kier molecular flexibility index (Phi) is 3.13. The van der Waals surface area contributed by atoms with Crippen LogP contribution in [0.4, 0.5) is 0 Å². The minimum absolute atomic E-state index is 0.164. The molecule has 0 aliphatic carbocycles. The number of carboxylic acid groups (broad SMARTS) is 1. The van der Waals surface area contributed by atoms with Gasteiger partial charge in [0.05, 0.1) is 11.9 Å². The number of nitrogens with one attached hydrogen (secondary N) is 1. The summed E-state index contributed by atoms with van der Waals surface area (Å²) in [6.45, 7) is 1.96. The zero-order valence-electron chi connectivity index (χ0n) is 10.9. The molecule has 0 aliphatic rings. The summed E-state index contributed by atoms with van der Waals surface area (Å²) in [5.74, 6) is -1.17. The molecule has 0 radical (unpaired) electrons. The molecule has 0 fully saturated rings. The van der Waals surface area contributed by atoms with E-state index in [9.17, 15) is 9.59 Å². The number of carboxylic acids is 1. The quantitative estimate of drug-likeness (QED) is 0.745. The van der Waals surface area contributed by atoms with Crippen LogP contribution in [-0.4, -0.2) is 25.7 Å². The predicted molar refractivity (Wildman–Crippen MR) is 80.6 cm³/mol. The molecule has 0 saturated heterocycles. The molecular weight excluding hydrogens is 338 g/mol. The Hall–Kier alpha value is -2.41. The van der Waals surface area contributed by atoms with Gasteiger partial charge in [-0.25, -0.2) is 9.31 Å². The second kappa shape index (κ2) is 4.85. The van der Waals surface area contributed by atoms with Gasteiger partial charge in [-0.3, -0.25) is 4.79 Å². The zero-order valence-corrected chi connectivity index (χ0v) is 12.5. The number of aromatic nitrogens is 3. The monoisotopic (exact) mass is 347 g/mol. The fourth-order valence-electron chi connectivity index (χ4n) is 2.01. The molecule has 2 aromatic heterocycles. The van der Waals surface area contributed by atoms with Crippen molar-refractivity contribution in [3.8, 4) is 11.3 Å². The molecule has 21 heavy (non-hydrogen) atoms. The summed E-state index contributed by atoms with van der Waals surface area (Å²) in [4.78, 5) is 25.7. The van der Waals surface area contributed by atoms with Gasteiger partial charge >= 0.3 is 5.97 Å². The van der Waals surface area contributed by atoms with Crippen LogP contribution < -0.4 is 5.56 Å². The van der Waals surface area contributed by atoms with E-state index in [2.05, 4.69) is 26.0 Å². The van der Waals surface area contributed by atoms with Crippen molar-refractivity contribution in [1.29, 1.82) is 0 Å². The molecule has 1 aromatic carbocycles. The molecule has 2 N–H and O–H groups in total. The molecule has 6 nitrogen and oxygen atoms in total. The molecule has 0 amide bonds. The average molecular weight is 348 g/mol. The molecule has 0 aliphatic heterocycles. The third-order valence-corrected chi connectivity index (χ3v) is 4.02. The van der Waals surface area contributed by atoms with E-state index in [1.807, 2.05) is 25.1 Å². The zero-order chi connectivity index (χ0) is 15.1. The van der Waals surface area contributed by atoms with Crippen LogP contribution in [-0.2, 0) is 0 Å². The number of rotatable bonds is 2. The molecule has 0 bridgehead atoms. The predicted octanol–water partition coefficient (Wildman–Crippen LogP) is 2.46. The Bertz CT molecular complexity index is 927. The molecule has 3 aromatic rings. The van der Waals surface area contributed by atoms with E-state index >= 15 is 0 Å². The van der Waals surface area contributed by atoms with Gasteiger partial charge in [-0.05, 0) is 18.6 Å². The molecule has 7 heteroatoms. The summed E-state index contributed by atoms with van der Waals surface area (Å²) < 4.78 is 2.21. The van der Waals surface area contributed by atoms with Crippen molar-refractivity contribution in [3.05, 3.63) is 56.5 Å². The highest BCUT2D eigenvalue weighted by atomic mass is 79.9. The van der Waals surface area contributed by atoms with Gasteiger partial charge in [0, 0.05) is 16.1 Å². The fraction of sp³-hybridized carbons (Fsp3) is 0.0714. The number of aromatic carboxylic acids is 1. The smallest absolute Gasteiger partial charge is 0.356 e. The van der Waals surface area contributed by atoms with Crippen LogP contribution >= 0.6 is 15.9 Å². The van der Waals surface area contributed by atoms with Gasteiger partial charge in [-0.15, -0.1) is 0 Å². The SMILES string of the molecule is Cc1ccc(-c2cn3nc(C(=O)O)cc3c(=O)[nH]2)cc1Br. The first-order valence-corrected chi connectivity index (χ1v) is 6.87. The van der Waals surface area contributed by atoms with Crippen LogP contribution in [0, 0.1) is 6.92 Å². The van der Waals surface area contributed by atoms with Gasteiger partial charge in [0.1, 0.15) is 5.52 Å². The van der Waals surface area contributed by atoms with Crippen LogP contribution in [0.2, 0.25) is 0 Å². The lowest BCUT2D eigenvalue weighted by Crippen LogP contribution is -2.10. The first kappa shape index (κ1) is 13.6. The molecule has 3 rings (SSSR count). The lowest BCUT2D eigenvalue weighted by Gasteiger charge is -2.05. The number of aryl methyl sites for hydroxylation is 1. The maximum absolute atomic E-state index is 12.0. The van der Waals surface area contributed by atoms with Crippen molar-refractivity contribution in [1.82, 2.24) is 14.6 Å². The van der Waals surface area contributed by atoms with E-state index in [0.29, 0.717) is 5.69 Å². The van der Waals surface area contributed by atoms with Crippen LogP contribution in [0.15, 0.2) is 39.7 Å². The number of hydrogen-bond acceptors (Lipinski definition) is 3. The van der Waals surface area contributed by atoms with E-state index < -0.39 is 5.97 Å². The van der Waals surface area contributed by atoms with Crippen molar-refractivity contribution in [2.45, 2.75) is 6.92 Å². The number of H-pyrrole nitrogens is 1. The van der Waals surface area contributed by atoms with Gasteiger partial charge < -0.3 is 10.1 Å². The highest BCUT2D eigenvalue weighted by Crippen LogP contribution is 2.23. The minimum atomic E-state index is -1.17. The number of benzene rings is 1. The number of hydrogen-bond donors (Lipinski definition) is 2. The first-order valence-electron chi connectivity index (χ1n) is 6.08. The van der Waals surface area contributed by atoms with Crippen molar-refractivity contribution in [2.24, 2.45) is 0 Å². The van der Waals surface area contributed by atoms with Gasteiger partial charge in [-0.2, -0.15) is 5.10 Å². The first-order chi connectivity index (χ1) is 9.95. The Morgan fingerprint density at radius 1 is 1.38 bits per heavy atom. The molecule has 0 unspecified atom stereocenters. The van der Waals surface area contributed by atoms with Gasteiger partial charge in [0.2, 0.25) is 0 Å². The maximum Gasteiger partial charge on any atom is 0.356 e. The molecule has 0 saturated carbocycles. The normalized spacial score (nSPS) is 11.0. The minimum Gasteiger partial charge on any atom is -0.476 e. The summed E-state index contributed by atoms with van der Waals surface area (Å²) in [5, 5.41) is 12.8. The lowest BCUT2D eigenvalue weighted by molar-refractivity contribution is 0.0690. The number of aromatic amines is 1. The van der Waals surface area contributed by atoms with E-state index in [4.69, 9.17) is 5.11 Å².